The minimum Gasteiger partial charge on any atom is -0.496 e. The van der Waals surface area contributed by atoms with Crippen molar-refractivity contribution < 1.29 is 4.74 Å². The summed E-state index contributed by atoms with van der Waals surface area (Å²) in [5.74, 6) is 0.859. The number of methoxy groups -OCH3 is 1. The van der Waals surface area contributed by atoms with Crippen LogP contribution >= 0.6 is 15.9 Å². The van der Waals surface area contributed by atoms with E-state index in [9.17, 15) is 0 Å². The van der Waals surface area contributed by atoms with Crippen LogP contribution in [0.4, 0.5) is 0 Å². The first-order chi connectivity index (χ1) is 8.22. The Hall–Kier alpha value is -1.33. The Balaban J connectivity index is 2.25. The van der Waals surface area contributed by atoms with Crippen LogP contribution in [0.3, 0.4) is 0 Å². The minimum atomic E-state index is 0.461. The second-order valence-electron chi connectivity index (χ2n) is 3.66. The quantitative estimate of drug-likeness (QED) is 0.940. The lowest BCUT2D eigenvalue weighted by Gasteiger charge is -2.09. The van der Waals surface area contributed by atoms with Gasteiger partial charge in [0.25, 0.3) is 0 Å². The van der Waals surface area contributed by atoms with E-state index in [1.165, 1.54) is 0 Å². The standard InChI is InChI=1S/C12H14BrN3O/c1-17-12-3-2-10(13)6-9(12)8-16-5-4-11(7-14)15-16/h2-6H,7-8,14H2,1H3. The maximum Gasteiger partial charge on any atom is 0.124 e. The van der Waals surface area contributed by atoms with Gasteiger partial charge in [-0.2, -0.15) is 5.10 Å². The topological polar surface area (TPSA) is 53.1 Å². The molecule has 0 unspecified atom stereocenters. The van der Waals surface area contributed by atoms with E-state index in [1.54, 1.807) is 7.11 Å². The molecule has 1 heterocycles. The molecule has 0 saturated carbocycles. The predicted molar refractivity (Wildman–Crippen MR) is 69.9 cm³/mol. The molecule has 0 aliphatic carbocycles. The fraction of sp³-hybridized carbons (Fsp3) is 0.250. The van der Waals surface area contributed by atoms with E-state index < -0.39 is 0 Å². The van der Waals surface area contributed by atoms with E-state index in [0.717, 1.165) is 21.5 Å². The molecule has 5 heteroatoms. The molecule has 2 aromatic rings. The van der Waals surface area contributed by atoms with Gasteiger partial charge in [0, 0.05) is 22.8 Å². The summed E-state index contributed by atoms with van der Waals surface area (Å²) in [6.45, 7) is 1.13. The number of ether oxygens (including phenoxy) is 1. The first-order valence-electron chi connectivity index (χ1n) is 5.27. The van der Waals surface area contributed by atoms with Gasteiger partial charge in [-0.05, 0) is 24.3 Å². The van der Waals surface area contributed by atoms with Gasteiger partial charge in [0.2, 0.25) is 0 Å². The van der Waals surface area contributed by atoms with E-state index in [0.29, 0.717) is 13.1 Å². The van der Waals surface area contributed by atoms with Crippen LogP contribution in [0.1, 0.15) is 11.3 Å². The fourth-order valence-corrected chi connectivity index (χ4v) is 2.05. The number of aromatic nitrogens is 2. The van der Waals surface area contributed by atoms with Gasteiger partial charge < -0.3 is 10.5 Å². The number of nitrogens with zero attached hydrogens (tertiary/aromatic N) is 2. The number of rotatable bonds is 4. The maximum absolute atomic E-state index is 5.53. The van der Waals surface area contributed by atoms with Crippen LogP contribution in [-0.2, 0) is 13.1 Å². The average Bonchev–Trinajstić information content (AvgIpc) is 2.77. The zero-order valence-corrected chi connectivity index (χ0v) is 11.1. The Morgan fingerprint density at radius 3 is 2.88 bits per heavy atom. The summed E-state index contributed by atoms with van der Waals surface area (Å²) in [7, 11) is 1.67. The van der Waals surface area contributed by atoms with Gasteiger partial charge in [-0.1, -0.05) is 15.9 Å². The Morgan fingerprint density at radius 1 is 1.41 bits per heavy atom. The summed E-state index contributed by atoms with van der Waals surface area (Å²) in [5.41, 5.74) is 7.49. The molecule has 0 amide bonds. The molecule has 1 aromatic carbocycles. The van der Waals surface area contributed by atoms with Gasteiger partial charge in [0.15, 0.2) is 0 Å². The molecule has 90 valence electrons. The van der Waals surface area contributed by atoms with E-state index in [-0.39, 0.29) is 0 Å². The number of hydrogen-bond acceptors (Lipinski definition) is 3. The summed E-state index contributed by atoms with van der Waals surface area (Å²) in [5, 5.41) is 4.35. The van der Waals surface area contributed by atoms with Crippen LogP contribution in [0, 0.1) is 0 Å². The smallest absolute Gasteiger partial charge is 0.124 e. The number of nitrogens with two attached hydrogens (primary N) is 1. The summed E-state index contributed by atoms with van der Waals surface area (Å²) in [4.78, 5) is 0. The Kier molecular flexibility index (Phi) is 3.81. The highest BCUT2D eigenvalue weighted by Gasteiger charge is 2.05. The second-order valence-corrected chi connectivity index (χ2v) is 4.58. The average molecular weight is 296 g/mol. The van der Waals surface area contributed by atoms with Crippen molar-refractivity contribution in [1.29, 1.82) is 0 Å². The highest BCUT2D eigenvalue weighted by atomic mass is 79.9. The highest BCUT2D eigenvalue weighted by molar-refractivity contribution is 9.10. The molecule has 4 nitrogen and oxygen atoms in total. The van der Waals surface area contributed by atoms with Crippen LogP contribution in [0.25, 0.3) is 0 Å². The molecule has 0 aliphatic rings. The number of benzene rings is 1. The Labute approximate surface area is 109 Å². The minimum absolute atomic E-state index is 0.461. The Morgan fingerprint density at radius 2 is 2.24 bits per heavy atom. The van der Waals surface area contributed by atoms with E-state index in [1.807, 2.05) is 35.1 Å². The molecule has 0 spiro atoms. The van der Waals surface area contributed by atoms with Crippen molar-refractivity contribution in [2.75, 3.05) is 7.11 Å². The SMILES string of the molecule is COc1ccc(Br)cc1Cn1ccc(CN)n1. The van der Waals surface area contributed by atoms with Gasteiger partial charge in [-0.3, -0.25) is 4.68 Å². The van der Waals surface area contributed by atoms with E-state index in [4.69, 9.17) is 10.5 Å². The molecule has 0 bridgehead atoms. The van der Waals surface area contributed by atoms with Gasteiger partial charge in [-0.15, -0.1) is 0 Å². The summed E-state index contributed by atoms with van der Waals surface area (Å²) in [6.07, 6.45) is 1.92. The predicted octanol–water partition coefficient (Wildman–Crippen LogP) is 2.16. The third kappa shape index (κ3) is 2.87. The van der Waals surface area contributed by atoms with Crippen LogP contribution in [0.2, 0.25) is 0 Å². The lowest BCUT2D eigenvalue weighted by molar-refractivity contribution is 0.407. The highest BCUT2D eigenvalue weighted by Crippen LogP contribution is 2.23. The molecule has 0 atom stereocenters. The molecular weight excluding hydrogens is 282 g/mol. The molecule has 2 N–H and O–H groups in total. The third-order valence-electron chi connectivity index (χ3n) is 2.48. The maximum atomic E-state index is 5.53. The zero-order chi connectivity index (χ0) is 12.3. The number of halogens is 1. The first kappa shape index (κ1) is 12.1. The molecule has 17 heavy (non-hydrogen) atoms. The largest absolute Gasteiger partial charge is 0.496 e. The van der Waals surface area contributed by atoms with Crippen molar-refractivity contribution >= 4 is 15.9 Å². The zero-order valence-electron chi connectivity index (χ0n) is 9.56. The van der Waals surface area contributed by atoms with Crippen molar-refractivity contribution in [1.82, 2.24) is 9.78 Å². The molecule has 1 aromatic heterocycles. The van der Waals surface area contributed by atoms with Crippen molar-refractivity contribution in [3.8, 4) is 5.75 Å². The molecule has 0 radical (unpaired) electrons. The fourth-order valence-electron chi connectivity index (χ4n) is 1.65. The monoisotopic (exact) mass is 295 g/mol. The summed E-state index contributed by atoms with van der Waals surface area (Å²) >= 11 is 3.45. The van der Waals surface area contributed by atoms with Crippen LogP contribution in [0.5, 0.6) is 5.75 Å². The van der Waals surface area contributed by atoms with Crippen molar-refractivity contribution in [2.24, 2.45) is 5.73 Å². The summed E-state index contributed by atoms with van der Waals surface area (Å²) in [6, 6.07) is 7.84. The van der Waals surface area contributed by atoms with Crippen LogP contribution in [-0.4, -0.2) is 16.9 Å². The van der Waals surface area contributed by atoms with E-state index in [2.05, 4.69) is 21.0 Å². The Bertz CT molecular complexity index is 510. The van der Waals surface area contributed by atoms with E-state index >= 15 is 0 Å². The summed E-state index contributed by atoms with van der Waals surface area (Å²) < 4.78 is 8.20. The van der Waals surface area contributed by atoms with Crippen LogP contribution < -0.4 is 10.5 Å². The van der Waals surface area contributed by atoms with Crippen molar-refractivity contribution in [3.63, 3.8) is 0 Å². The molecule has 0 aliphatic heterocycles. The number of hydrogen-bond donors (Lipinski definition) is 1. The lowest BCUT2D eigenvalue weighted by Crippen LogP contribution is -2.04. The molecule has 2 rings (SSSR count). The third-order valence-corrected chi connectivity index (χ3v) is 2.97. The van der Waals surface area contributed by atoms with Gasteiger partial charge in [0.05, 0.1) is 19.3 Å². The first-order valence-corrected chi connectivity index (χ1v) is 6.07. The van der Waals surface area contributed by atoms with Crippen molar-refractivity contribution in [2.45, 2.75) is 13.1 Å². The van der Waals surface area contributed by atoms with Gasteiger partial charge in [0.1, 0.15) is 5.75 Å². The van der Waals surface area contributed by atoms with Gasteiger partial charge in [-0.25, -0.2) is 0 Å². The van der Waals surface area contributed by atoms with Gasteiger partial charge >= 0.3 is 0 Å². The second kappa shape index (κ2) is 5.33. The molecule has 0 saturated heterocycles. The van der Waals surface area contributed by atoms with Crippen LogP contribution in [0.15, 0.2) is 34.9 Å². The van der Waals surface area contributed by atoms with Crippen molar-refractivity contribution in [3.05, 3.63) is 46.2 Å². The molecule has 0 fully saturated rings. The molecular formula is C12H14BrN3O. The normalized spacial score (nSPS) is 10.5. The lowest BCUT2D eigenvalue weighted by atomic mass is 10.2.